The van der Waals surface area contributed by atoms with Crippen LogP contribution in [0.3, 0.4) is 0 Å². The van der Waals surface area contributed by atoms with Crippen LogP contribution >= 0.6 is 11.6 Å². The van der Waals surface area contributed by atoms with Crippen LogP contribution in [-0.4, -0.2) is 33.4 Å². The van der Waals surface area contributed by atoms with Crippen molar-refractivity contribution in [2.75, 3.05) is 23.3 Å². The van der Waals surface area contributed by atoms with Gasteiger partial charge in [-0.05, 0) is 47.8 Å². The third-order valence-electron chi connectivity index (χ3n) is 4.44. The average Bonchev–Trinajstić information content (AvgIpc) is 2.89. The lowest BCUT2D eigenvalue weighted by Crippen LogP contribution is -2.26. The fourth-order valence-corrected chi connectivity index (χ4v) is 3.20. The van der Waals surface area contributed by atoms with Gasteiger partial charge in [-0.15, -0.1) is 0 Å². The normalized spacial score (nSPS) is 15.4. The molecular weight excluding hydrogens is 340 g/mol. The Hall–Kier alpha value is -2.41. The van der Waals surface area contributed by atoms with E-state index >= 15 is 0 Å². The van der Waals surface area contributed by atoms with Crippen LogP contribution in [0.4, 0.5) is 17.3 Å². The highest BCUT2D eigenvalue weighted by molar-refractivity contribution is 6.31. The van der Waals surface area contributed by atoms with Gasteiger partial charge in [0.15, 0.2) is 11.6 Å². The Morgan fingerprint density at radius 2 is 1.76 bits per heavy atom. The number of nitrogens with one attached hydrogen (secondary N) is 1. The lowest BCUT2D eigenvalue weighted by atomic mass is 10.2. The molecule has 8 heteroatoms. The number of benzene rings is 1. The van der Waals surface area contributed by atoms with E-state index < -0.39 is 0 Å². The lowest BCUT2D eigenvalue weighted by molar-refractivity contribution is 0.314. The van der Waals surface area contributed by atoms with Gasteiger partial charge < -0.3 is 10.2 Å². The molecule has 1 saturated heterocycles. The van der Waals surface area contributed by atoms with Gasteiger partial charge in [-0.25, -0.2) is 14.6 Å². The molecule has 2 aromatic heterocycles. The van der Waals surface area contributed by atoms with Crippen molar-refractivity contribution in [2.45, 2.75) is 32.6 Å². The van der Waals surface area contributed by atoms with E-state index in [1.54, 1.807) is 0 Å². The van der Waals surface area contributed by atoms with Crippen LogP contribution in [0, 0.1) is 6.92 Å². The molecule has 1 aliphatic rings. The second-order valence-corrected chi connectivity index (χ2v) is 6.70. The number of anilines is 3. The number of hydrogen-bond donors (Lipinski definition) is 1. The molecule has 0 unspecified atom stereocenters. The summed E-state index contributed by atoms with van der Waals surface area (Å²) in [5.74, 6) is 1.42. The molecule has 1 N–H and O–H groups in total. The minimum Gasteiger partial charge on any atom is -0.353 e. The smallest absolute Gasteiger partial charge is 0.245 e. The van der Waals surface area contributed by atoms with Crippen molar-refractivity contribution < 1.29 is 4.63 Å². The Balaban J connectivity index is 1.74. The molecule has 0 aliphatic carbocycles. The van der Waals surface area contributed by atoms with E-state index in [1.165, 1.54) is 12.8 Å². The quantitative estimate of drug-likeness (QED) is 0.754. The summed E-state index contributed by atoms with van der Waals surface area (Å²) in [5.41, 5.74) is 2.70. The molecule has 130 valence electrons. The van der Waals surface area contributed by atoms with Crippen molar-refractivity contribution in [3.05, 3.63) is 28.8 Å². The number of rotatable bonds is 3. The maximum atomic E-state index is 6.24. The summed E-state index contributed by atoms with van der Waals surface area (Å²) in [4.78, 5) is 11.5. The van der Waals surface area contributed by atoms with E-state index in [-0.39, 0.29) is 0 Å². The molecule has 0 amide bonds. The van der Waals surface area contributed by atoms with Gasteiger partial charge in [0, 0.05) is 23.8 Å². The van der Waals surface area contributed by atoms with E-state index in [0.717, 1.165) is 43.0 Å². The van der Waals surface area contributed by atoms with Crippen LogP contribution in [0.25, 0.3) is 11.3 Å². The van der Waals surface area contributed by atoms with Crippen LogP contribution < -0.4 is 10.2 Å². The van der Waals surface area contributed by atoms with Gasteiger partial charge in [0.1, 0.15) is 0 Å². The molecule has 1 fully saturated rings. The van der Waals surface area contributed by atoms with E-state index in [0.29, 0.717) is 22.1 Å². The number of hydrogen-bond acceptors (Lipinski definition) is 7. The highest BCUT2D eigenvalue weighted by atomic mass is 35.5. The van der Waals surface area contributed by atoms with Crippen LogP contribution in [-0.2, 0) is 0 Å². The molecule has 7 nitrogen and oxygen atoms in total. The summed E-state index contributed by atoms with van der Waals surface area (Å²) in [6.07, 6.45) is 4.78. The van der Waals surface area contributed by atoms with E-state index in [4.69, 9.17) is 16.2 Å². The highest BCUT2D eigenvalue weighted by Crippen LogP contribution is 2.30. The predicted octanol–water partition coefficient (Wildman–Crippen LogP) is 4.10. The Labute approximate surface area is 150 Å². The standard InChI is InChI=1S/C17H19ClN6O/c1-11-6-7-12(10-13(11)18)19-16-17(24-8-4-2-3-5-9-24)21-15-14(20-16)22-25-23-15/h6-7,10H,2-5,8-9H2,1H3,(H,19,20,22). The molecule has 25 heavy (non-hydrogen) atoms. The van der Waals surface area contributed by atoms with Crippen molar-refractivity contribution in [1.29, 1.82) is 0 Å². The second-order valence-electron chi connectivity index (χ2n) is 6.30. The first kappa shape index (κ1) is 16.1. The first-order chi connectivity index (χ1) is 12.2. The molecule has 4 rings (SSSR count). The van der Waals surface area contributed by atoms with Gasteiger partial charge in [-0.2, -0.15) is 0 Å². The zero-order chi connectivity index (χ0) is 17.2. The van der Waals surface area contributed by atoms with Crippen molar-refractivity contribution in [2.24, 2.45) is 0 Å². The average molecular weight is 359 g/mol. The minimum absolute atomic E-state index is 0.388. The van der Waals surface area contributed by atoms with Crippen molar-refractivity contribution in [3.8, 4) is 0 Å². The molecule has 1 aliphatic heterocycles. The topological polar surface area (TPSA) is 80.0 Å². The molecule has 0 bridgehead atoms. The summed E-state index contributed by atoms with van der Waals surface area (Å²) in [5, 5.41) is 11.7. The van der Waals surface area contributed by atoms with Gasteiger partial charge in [-0.3, -0.25) is 0 Å². The van der Waals surface area contributed by atoms with Gasteiger partial charge in [0.2, 0.25) is 11.3 Å². The summed E-state index contributed by atoms with van der Waals surface area (Å²) < 4.78 is 4.78. The summed E-state index contributed by atoms with van der Waals surface area (Å²) >= 11 is 6.24. The van der Waals surface area contributed by atoms with Gasteiger partial charge >= 0.3 is 0 Å². The molecule has 3 aromatic rings. The number of fused-ring (bicyclic) bond motifs is 1. The Morgan fingerprint density at radius 3 is 2.48 bits per heavy atom. The fourth-order valence-electron chi connectivity index (χ4n) is 3.02. The van der Waals surface area contributed by atoms with Crippen LogP contribution in [0.5, 0.6) is 0 Å². The Bertz CT molecular complexity index is 888. The molecule has 3 heterocycles. The third-order valence-corrected chi connectivity index (χ3v) is 4.84. The SMILES string of the molecule is Cc1ccc(Nc2nc3nonc3nc2N2CCCCCC2)cc1Cl. The third kappa shape index (κ3) is 3.37. The minimum atomic E-state index is 0.388. The molecular formula is C17H19ClN6O. The lowest BCUT2D eigenvalue weighted by Gasteiger charge is -2.23. The van der Waals surface area contributed by atoms with Crippen LogP contribution in [0.1, 0.15) is 31.2 Å². The molecule has 0 saturated carbocycles. The highest BCUT2D eigenvalue weighted by Gasteiger charge is 2.20. The summed E-state index contributed by atoms with van der Waals surface area (Å²) in [6.45, 7) is 3.88. The number of nitrogens with zero attached hydrogens (tertiary/aromatic N) is 5. The van der Waals surface area contributed by atoms with E-state index in [1.807, 2.05) is 25.1 Å². The first-order valence-corrected chi connectivity index (χ1v) is 8.87. The van der Waals surface area contributed by atoms with Gasteiger partial charge in [0.25, 0.3) is 0 Å². The zero-order valence-electron chi connectivity index (χ0n) is 14.0. The summed E-state index contributed by atoms with van der Waals surface area (Å²) in [6, 6.07) is 5.83. The molecule has 0 atom stereocenters. The number of aryl methyl sites for hydroxylation is 1. The molecule has 0 spiro atoms. The molecule has 0 radical (unpaired) electrons. The van der Waals surface area contributed by atoms with Crippen LogP contribution in [0.2, 0.25) is 5.02 Å². The van der Waals surface area contributed by atoms with Crippen molar-refractivity contribution in [1.82, 2.24) is 20.3 Å². The number of aromatic nitrogens is 4. The Kier molecular flexibility index (Phi) is 4.40. The van der Waals surface area contributed by atoms with Crippen molar-refractivity contribution >= 4 is 40.2 Å². The Morgan fingerprint density at radius 1 is 1.04 bits per heavy atom. The fraction of sp³-hybridized carbons (Fsp3) is 0.412. The van der Waals surface area contributed by atoms with Gasteiger partial charge in [-0.1, -0.05) is 30.5 Å². The predicted molar refractivity (Wildman–Crippen MR) is 97.5 cm³/mol. The monoisotopic (exact) mass is 358 g/mol. The van der Waals surface area contributed by atoms with E-state index in [2.05, 4.69) is 30.5 Å². The maximum absolute atomic E-state index is 6.24. The second kappa shape index (κ2) is 6.84. The molecule has 1 aromatic carbocycles. The van der Waals surface area contributed by atoms with Crippen LogP contribution in [0.15, 0.2) is 22.8 Å². The van der Waals surface area contributed by atoms with E-state index in [9.17, 15) is 0 Å². The summed E-state index contributed by atoms with van der Waals surface area (Å²) in [7, 11) is 0. The maximum Gasteiger partial charge on any atom is 0.245 e. The zero-order valence-corrected chi connectivity index (χ0v) is 14.8. The number of halogens is 1. The van der Waals surface area contributed by atoms with Crippen molar-refractivity contribution in [3.63, 3.8) is 0 Å². The van der Waals surface area contributed by atoms with Gasteiger partial charge in [0.05, 0.1) is 0 Å². The largest absolute Gasteiger partial charge is 0.353 e. The first-order valence-electron chi connectivity index (χ1n) is 8.49.